The van der Waals surface area contributed by atoms with Gasteiger partial charge in [0.2, 0.25) is 0 Å². The molecule has 0 unspecified atom stereocenters. The van der Waals surface area contributed by atoms with Crippen LogP contribution in [0.3, 0.4) is 0 Å². The fraction of sp³-hybridized carbons (Fsp3) is 0.286. The van der Waals surface area contributed by atoms with E-state index in [1.54, 1.807) is 6.20 Å². The molecular formula is C14H14ClN3OS. The average Bonchev–Trinajstić information content (AvgIpc) is 2.88. The molecule has 0 saturated carbocycles. The standard InChI is InChI=1S/C14H14ClN3OS/c15-13-9-18-14(20-13)10-17-11-4-3-5-12(8-11)19-7-2-1-6-16/h3-5,8-9,17H,1-2,7,10H2. The highest BCUT2D eigenvalue weighted by atomic mass is 35.5. The Morgan fingerprint density at radius 1 is 1.45 bits per heavy atom. The summed E-state index contributed by atoms with van der Waals surface area (Å²) < 4.78 is 6.27. The van der Waals surface area contributed by atoms with Gasteiger partial charge in [0, 0.05) is 18.2 Å². The second kappa shape index (κ2) is 7.73. The summed E-state index contributed by atoms with van der Waals surface area (Å²) in [5.74, 6) is 0.796. The molecule has 2 aromatic rings. The van der Waals surface area contributed by atoms with Crippen LogP contribution in [0.25, 0.3) is 0 Å². The normalized spacial score (nSPS) is 10.0. The lowest BCUT2D eigenvalue weighted by Gasteiger charge is -2.08. The Labute approximate surface area is 127 Å². The molecule has 104 valence electrons. The summed E-state index contributed by atoms with van der Waals surface area (Å²) in [5, 5.41) is 12.7. The van der Waals surface area contributed by atoms with E-state index in [9.17, 15) is 0 Å². The van der Waals surface area contributed by atoms with Crippen molar-refractivity contribution in [3.05, 3.63) is 39.8 Å². The number of hydrogen-bond acceptors (Lipinski definition) is 5. The Morgan fingerprint density at radius 3 is 3.10 bits per heavy atom. The maximum absolute atomic E-state index is 8.46. The van der Waals surface area contributed by atoms with E-state index >= 15 is 0 Å². The summed E-state index contributed by atoms with van der Waals surface area (Å²) in [4.78, 5) is 4.19. The molecule has 4 nitrogen and oxygen atoms in total. The Balaban J connectivity index is 1.84. The van der Waals surface area contributed by atoms with Gasteiger partial charge in [-0.3, -0.25) is 0 Å². The first-order chi connectivity index (χ1) is 9.78. The number of benzene rings is 1. The smallest absolute Gasteiger partial charge is 0.121 e. The molecule has 2 rings (SSSR count). The summed E-state index contributed by atoms with van der Waals surface area (Å²) in [6, 6.07) is 9.83. The van der Waals surface area contributed by atoms with E-state index in [-0.39, 0.29) is 0 Å². The van der Waals surface area contributed by atoms with Crippen molar-refractivity contribution in [2.75, 3.05) is 11.9 Å². The number of rotatable bonds is 7. The molecule has 0 fully saturated rings. The number of unbranched alkanes of at least 4 members (excludes halogenated alkanes) is 1. The van der Waals surface area contributed by atoms with E-state index in [1.807, 2.05) is 24.3 Å². The predicted molar refractivity (Wildman–Crippen MR) is 81.2 cm³/mol. The highest BCUT2D eigenvalue weighted by Gasteiger charge is 2.01. The minimum atomic E-state index is 0.517. The number of hydrogen-bond donors (Lipinski definition) is 1. The fourth-order valence-corrected chi connectivity index (χ4v) is 2.48. The zero-order chi connectivity index (χ0) is 14.2. The van der Waals surface area contributed by atoms with E-state index in [0.29, 0.717) is 23.9 Å². The lowest BCUT2D eigenvalue weighted by atomic mass is 10.3. The molecular weight excluding hydrogens is 294 g/mol. The van der Waals surface area contributed by atoms with E-state index < -0.39 is 0 Å². The Hall–Kier alpha value is -1.77. The molecule has 1 aromatic carbocycles. The van der Waals surface area contributed by atoms with Gasteiger partial charge in [0.25, 0.3) is 0 Å². The Bertz CT molecular complexity index is 594. The van der Waals surface area contributed by atoms with Gasteiger partial charge >= 0.3 is 0 Å². The minimum Gasteiger partial charge on any atom is -0.493 e. The molecule has 1 aromatic heterocycles. The van der Waals surface area contributed by atoms with E-state index in [2.05, 4.69) is 16.4 Å². The molecule has 0 amide bonds. The monoisotopic (exact) mass is 307 g/mol. The largest absolute Gasteiger partial charge is 0.493 e. The van der Waals surface area contributed by atoms with Crippen LogP contribution in [0.5, 0.6) is 5.75 Å². The SMILES string of the molecule is N#CCCCOc1cccc(NCc2ncc(Cl)s2)c1. The van der Waals surface area contributed by atoms with E-state index in [0.717, 1.165) is 22.9 Å². The van der Waals surface area contributed by atoms with Crippen LogP contribution >= 0.6 is 22.9 Å². The Morgan fingerprint density at radius 2 is 2.35 bits per heavy atom. The van der Waals surface area contributed by atoms with Crippen LogP contribution in [0, 0.1) is 11.3 Å². The molecule has 0 radical (unpaired) electrons. The molecule has 0 atom stereocenters. The summed E-state index contributed by atoms with van der Waals surface area (Å²) in [6.07, 6.45) is 2.91. The first-order valence-electron chi connectivity index (χ1n) is 6.22. The van der Waals surface area contributed by atoms with Crippen molar-refractivity contribution in [1.29, 1.82) is 5.26 Å². The van der Waals surface area contributed by atoms with Crippen LogP contribution in [-0.2, 0) is 6.54 Å². The summed E-state index contributed by atoms with van der Waals surface area (Å²) in [7, 11) is 0. The van der Waals surface area contributed by atoms with Gasteiger partial charge in [-0.1, -0.05) is 17.7 Å². The first kappa shape index (κ1) is 14.6. The molecule has 6 heteroatoms. The van der Waals surface area contributed by atoms with Crippen LogP contribution in [-0.4, -0.2) is 11.6 Å². The van der Waals surface area contributed by atoms with Gasteiger partial charge in [-0.05, 0) is 18.6 Å². The molecule has 0 aliphatic heterocycles. The lowest BCUT2D eigenvalue weighted by Crippen LogP contribution is -2.00. The number of ether oxygens (including phenoxy) is 1. The van der Waals surface area contributed by atoms with E-state index in [1.165, 1.54) is 11.3 Å². The topological polar surface area (TPSA) is 57.9 Å². The number of anilines is 1. The molecule has 1 N–H and O–H groups in total. The van der Waals surface area contributed by atoms with Crippen molar-refractivity contribution in [3.63, 3.8) is 0 Å². The van der Waals surface area contributed by atoms with Crippen molar-refractivity contribution >= 4 is 28.6 Å². The van der Waals surface area contributed by atoms with Crippen LogP contribution in [0.4, 0.5) is 5.69 Å². The third-order valence-electron chi connectivity index (χ3n) is 2.50. The maximum Gasteiger partial charge on any atom is 0.121 e. The van der Waals surface area contributed by atoms with Gasteiger partial charge < -0.3 is 10.1 Å². The number of nitrogens with one attached hydrogen (secondary N) is 1. The minimum absolute atomic E-state index is 0.517. The van der Waals surface area contributed by atoms with Gasteiger partial charge in [-0.15, -0.1) is 11.3 Å². The van der Waals surface area contributed by atoms with Crippen molar-refractivity contribution in [2.45, 2.75) is 19.4 Å². The van der Waals surface area contributed by atoms with Crippen LogP contribution in [0.2, 0.25) is 4.34 Å². The predicted octanol–water partition coefficient (Wildman–Crippen LogP) is 4.09. The lowest BCUT2D eigenvalue weighted by molar-refractivity contribution is 0.313. The highest BCUT2D eigenvalue weighted by molar-refractivity contribution is 7.15. The fourth-order valence-electron chi connectivity index (χ4n) is 1.58. The van der Waals surface area contributed by atoms with Crippen molar-refractivity contribution in [3.8, 4) is 11.8 Å². The highest BCUT2D eigenvalue weighted by Crippen LogP contribution is 2.21. The molecule has 0 aliphatic carbocycles. The second-order valence-corrected chi connectivity index (χ2v) is 5.80. The van der Waals surface area contributed by atoms with Gasteiger partial charge in [-0.25, -0.2) is 4.98 Å². The van der Waals surface area contributed by atoms with Crippen molar-refractivity contribution in [1.82, 2.24) is 4.98 Å². The van der Waals surface area contributed by atoms with Crippen LogP contribution < -0.4 is 10.1 Å². The molecule has 1 heterocycles. The maximum atomic E-state index is 8.46. The third kappa shape index (κ3) is 4.72. The molecule has 20 heavy (non-hydrogen) atoms. The average molecular weight is 308 g/mol. The van der Waals surface area contributed by atoms with Gasteiger partial charge in [0.05, 0.1) is 25.4 Å². The first-order valence-corrected chi connectivity index (χ1v) is 7.41. The quantitative estimate of drug-likeness (QED) is 0.783. The third-order valence-corrected chi connectivity index (χ3v) is 3.62. The van der Waals surface area contributed by atoms with Crippen molar-refractivity contribution < 1.29 is 4.74 Å². The second-order valence-electron chi connectivity index (χ2n) is 4.05. The van der Waals surface area contributed by atoms with Gasteiger partial charge in [0.1, 0.15) is 15.1 Å². The number of nitriles is 1. The van der Waals surface area contributed by atoms with E-state index in [4.69, 9.17) is 21.6 Å². The summed E-state index contributed by atoms with van der Waals surface area (Å²) in [6.45, 7) is 1.19. The summed E-state index contributed by atoms with van der Waals surface area (Å²) in [5.41, 5.74) is 0.967. The number of halogens is 1. The van der Waals surface area contributed by atoms with Gasteiger partial charge in [-0.2, -0.15) is 5.26 Å². The molecule has 0 bridgehead atoms. The number of thiazole rings is 1. The van der Waals surface area contributed by atoms with Crippen LogP contribution in [0.15, 0.2) is 30.5 Å². The Kier molecular flexibility index (Phi) is 5.66. The van der Waals surface area contributed by atoms with Crippen molar-refractivity contribution in [2.24, 2.45) is 0 Å². The number of aromatic nitrogens is 1. The molecule has 0 spiro atoms. The number of nitrogens with zero attached hydrogens (tertiary/aromatic N) is 2. The van der Waals surface area contributed by atoms with Crippen LogP contribution in [0.1, 0.15) is 17.8 Å². The zero-order valence-corrected chi connectivity index (χ0v) is 12.4. The van der Waals surface area contributed by atoms with Gasteiger partial charge in [0.15, 0.2) is 0 Å². The summed E-state index contributed by atoms with van der Waals surface area (Å²) >= 11 is 7.30. The zero-order valence-electron chi connectivity index (χ0n) is 10.8. The molecule has 0 saturated heterocycles. The molecule has 0 aliphatic rings.